The lowest BCUT2D eigenvalue weighted by molar-refractivity contribution is -0.0214. The molecule has 1 aliphatic heterocycles. The number of benzene rings is 1. The molecule has 0 saturated carbocycles. The van der Waals surface area contributed by atoms with Crippen molar-refractivity contribution in [2.75, 3.05) is 13.1 Å². The fourth-order valence-corrected chi connectivity index (χ4v) is 2.81. The second-order valence-electron chi connectivity index (χ2n) is 4.80. The summed E-state index contributed by atoms with van der Waals surface area (Å²) in [5.41, 5.74) is 0.300. The van der Waals surface area contributed by atoms with Crippen molar-refractivity contribution in [1.82, 2.24) is 4.90 Å². The molecule has 1 unspecified atom stereocenters. The Hall–Kier alpha value is -0.860. The van der Waals surface area contributed by atoms with Gasteiger partial charge in [-0.15, -0.1) is 0 Å². The van der Waals surface area contributed by atoms with E-state index in [2.05, 4.69) is 11.8 Å². The van der Waals surface area contributed by atoms with Crippen LogP contribution in [0.3, 0.4) is 0 Å². The second-order valence-corrected chi connectivity index (χ2v) is 4.80. The van der Waals surface area contributed by atoms with Gasteiger partial charge in [0, 0.05) is 6.04 Å². The van der Waals surface area contributed by atoms with E-state index in [1.165, 1.54) is 6.42 Å². The zero-order chi connectivity index (χ0) is 11.6. The summed E-state index contributed by atoms with van der Waals surface area (Å²) < 4.78 is 0. The van der Waals surface area contributed by atoms with Crippen LogP contribution in [0.4, 0.5) is 0 Å². The van der Waals surface area contributed by atoms with Gasteiger partial charge in [-0.2, -0.15) is 0 Å². The van der Waals surface area contributed by atoms with Crippen LogP contribution in [0, 0.1) is 0 Å². The highest BCUT2D eigenvalue weighted by atomic mass is 16.3. The Morgan fingerprint density at radius 1 is 1.38 bits per heavy atom. The number of hydrogen-bond acceptors (Lipinski definition) is 2. The number of likely N-dealkylation sites (tertiary alicyclic amines) is 1. The van der Waals surface area contributed by atoms with Gasteiger partial charge in [0.2, 0.25) is 0 Å². The summed E-state index contributed by atoms with van der Waals surface area (Å²) >= 11 is 0. The van der Waals surface area contributed by atoms with E-state index in [1.807, 2.05) is 37.3 Å². The summed E-state index contributed by atoms with van der Waals surface area (Å²) in [4.78, 5) is 2.38. The Morgan fingerprint density at radius 3 is 2.69 bits per heavy atom. The maximum atomic E-state index is 10.7. The number of nitrogens with zero attached hydrogens (tertiary/aromatic N) is 1. The smallest absolute Gasteiger partial charge is 0.102 e. The van der Waals surface area contributed by atoms with Crippen LogP contribution >= 0.6 is 0 Å². The fraction of sp³-hybridized carbons (Fsp3) is 0.571. The minimum atomic E-state index is -0.728. The average molecular weight is 219 g/mol. The lowest BCUT2D eigenvalue weighted by Crippen LogP contribution is -2.45. The second kappa shape index (κ2) is 4.56. The highest BCUT2D eigenvalue weighted by molar-refractivity contribution is 5.24. The molecule has 0 bridgehead atoms. The summed E-state index contributed by atoms with van der Waals surface area (Å²) in [6.45, 7) is 6.25. The van der Waals surface area contributed by atoms with Crippen molar-refractivity contribution in [2.24, 2.45) is 0 Å². The van der Waals surface area contributed by atoms with Crippen LogP contribution < -0.4 is 0 Å². The van der Waals surface area contributed by atoms with E-state index in [-0.39, 0.29) is 6.04 Å². The summed E-state index contributed by atoms with van der Waals surface area (Å²) in [5.74, 6) is 0. The number of rotatable bonds is 3. The maximum Gasteiger partial charge on any atom is 0.102 e. The molecule has 2 nitrogen and oxygen atoms in total. The molecular weight excluding hydrogens is 198 g/mol. The van der Waals surface area contributed by atoms with Crippen molar-refractivity contribution in [3.05, 3.63) is 35.9 Å². The Bertz CT molecular complexity index is 334. The predicted molar refractivity (Wildman–Crippen MR) is 66.3 cm³/mol. The molecule has 2 atom stereocenters. The molecule has 0 radical (unpaired) electrons. The molecule has 1 saturated heterocycles. The average Bonchev–Trinajstić information content (AvgIpc) is 2.79. The SMILES string of the molecule is CCN1CCCC1[C@@](C)(O)c1ccccc1. The largest absolute Gasteiger partial charge is 0.384 e. The first-order chi connectivity index (χ1) is 7.66. The Kier molecular flexibility index (Phi) is 3.31. The lowest BCUT2D eigenvalue weighted by atomic mass is 9.87. The highest BCUT2D eigenvalue weighted by Crippen LogP contribution is 2.34. The van der Waals surface area contributed by atoms with Crippen molar-refractivity contribution < 1.29 is 5.11 Å². The minimum Gasteiger partial charge on any atom is -0.384 e. The summed E-state index contributed by atoms with van der Waals surface area (Å²) in [6, 6.07) is 10.3. The van der Waals surface area contributed by atoms with Crippen LogP contribution in [0.1, 0.15) is 32.3 Å². The van der Waals surface area contributed by atoms with Crippen LogP contribution in [-0.4, -0.2) is 29.1 Å². The van der Waals surface area contributed by atoms with Gasteiger partial charge in [-0.25, -0.2) is 0 Å². The monoisotopic (exact) mass is 219 g/mol. The zero-order valence-corrected chi connectivity index (χ0v) is 10.2. The molecule has 0 aromatic heterocycles. The third-order valence-corrected chi connectivity index (χ3v) is 3.78. The van der Waals surface area contributed by atoms with Crippen LogP contribution in [-0.2, 0) is 5.60 Å². The van der Waals surface area contributed by atoms with Gasteiger partial charge in [-0.1, -0.05) is 37.3 Å². The Labute approximate surface area is 97.9 Å². The van der Waals surface area contributed by atoms with Gasteiger partial charge >= 0.3 is 0 Å². The van der Waals surface area contributed by atoms with Gasteiger partial charge in [0.25, 0.3) is 0 Å². The van der Waals surface area contributed by atoms with Crippen LogP contribution in [0.2, 0.25) is 0 Å². The van der Waals surface area contributed by atoms with Gasteiger partial charge in [-0.3, -0.25) is 4.90 Å². The Balaban J connectivity index is 2.24. The van der Waals surface area contributed by atoms with E-state index < -0.39 is 5.60 Å². The molecule has 2 rings (SSSR count). The number of hydrogen-bond donors (Lipinski definition) is 1. The van der Waals surface area contributed by atoms with Gasteiger partial charge in [0.1, 0.15) is 5.60 Å². The van der Waals surface area contributed by atoms with E-state index in [1.54, 1.807) is 0 Å². The van der Waals surface area contributed by atoms with Crippen LogP contribution in [0.5, 0.6) is 0 Å². The molecule has 1 fully saturated rings. The van der Waals surface area contributed by atoms with Gasteiger partial charge < -0.3 is 5.11 Å². The molecule has 1 N–H and O–H groups in total. The molecule has 0 aliphatic carbocycles. The maximum absolute atomic E-state index is 10.7. The van der Waals surface area contributed by atoms with Gasteiger partial charge in [0.05, 0.1) is 0 Å². The molecule has 2 heteroatoms. The Morgan fingerprint density at radius 2 is 2.06 bits per heavy atom. The molecule has 16 heavy (non-hydrogen) atoms. The van der Waals surface area contributed by atoms with E-state index in [9.17, 15) is 5.11 Å². The van der Waals surface area contributed by atoms with E-state index in [0.29, 0.717) is 0 Å². The van der Waals surface area contributed by atoms with Crippen molar-refractivity contribution >= 4 is 0 Å². The highest BCUT2D eigenvalue weighted by Gasteiger charge is 2.39. The lowest BCUT2D eigenvalue weighted by Gasteiger charge is -2.36. The van der Waals surface area contributed by atoms with E-state index >= 15 is 0 Å². The third-order valence-electron chi connectivity index (χ3n) is 3.78. The van der Waals surface area contributed by atoms with Crippen molar-refractivity contribution in [2.45, 2.75) is 38.3 Å². The molecule has 1 aromatic carbocycles. The van der Waals surface area contributed by atoms with Crippen molar-refractivity contribution in [3.8, 4) is 0 Å². The number of aliphatic hydroxyl groups is 1. The molecule has 1 heterocycles. The van der Waals surface area contributed by atoms with Crippen molar-refractivity contribution in [3.63, 3.8) is 0 Å². The fourth-order valence-electron chi connectivity index (χ4n) is 2.81. The predicted octanol–water partition coefficient (Wildman–Crippen LogP) is 2.38. The summed E-state index contributed by atoms with van der Waals surface area (Å²) in [7, 11) is 0. The molecule has 0 spiro atoms. The number of likely N-dealkylation sites (N-methyl/N-ethyl adjacent to an activating group) is 1. The first-order valence-electron chi connectivity index (χ1n) is 6.18. The molecule has 1 aliphatic rings. The molecule has 0 amide bonds. The quantitative estimate of drug-likeness (QED) is 0.843. The van der Waals surface area contributed by atoms with Gasteiger partial charge in [0.15, 0.2) is 0 Å². The minimum absolute atomic E-state index is 0.264. The summed E-state index contributed by atoms with van der Waals surface area (Å²) in [5, 5.41) is 10.7. The van der Waals surface area contributed by atoms with Crippen molar-refractivity contribution in [1.29, 1.82) is 0 Å². The topological polar surface area (TPSA) is 23.5 Å². The zero-order valence-electron chi connectivity index (χ0n) is 10.2. The first-order valence-corrected chi connectivity index (χ1v) is 6.18. The molecule has 88 valence electrons. The van der Waals surface area contributed by atoms with E-state index in [0.717, 1.165) is 25.1 Å². The van der Waals surface area contributed by atoms with E-state index in [4.69, 9.17) is 0 Å². The molecular formula is C14H21NO. The summed E-state index contributed by atoms with van der Waals surface area (Å²) in [6.07, 6.45) is 2.29. The first kappa shape index (κ1) is 11.6. The molecule has 1 aromatic rings. The van der Waals surface area contributed by atoms with Gasteiger partial charge in [-0.05, 0) is 38.4 Å². The third kappa shape index (κ3) is 2.00. The van der Waals surface area contributed by atoms with Crippen LogP contribution in [0.25, 0.3) is 0 Å². The standard InChI is InChI=1S/C14H21NO/c1-3-15-11-7-10-13(15)14(2,16)12-8-5-4-6-9-12/h4-6,8-9,13,16H,3,7,10-11H2,1-2H3/t13?,14-/m0/s1. The normalized spacial score (nSPS) is 25.6. The van der Waals surface area contributed by atoms with Crippen LogP contribution in [0.15, 0.2) is 30.3 Å².